The molecule has 3 heteroatoms. The molecule has 0 amide bonds. The normalized spacial score (nSPS) is 31.8. The zero-order valence-electron chi connectivity index (χ0n) is 9.78. The van der Waals surface area contributed by atoms with Crippen molar-refractivity contribution in [3.8, 4) is 0 Å². The van der Waals surface area contributed by atoms with E-state index in [2.05, 4.69) is 16.8 Å². The average molecular weight is 209 g/mol. The number of hydrogen-bond donors (Lipinski definition) is 1. The van der Waals surface area contributed by atoms with Crippen LogP contribution in [-0.4, -0.2) is 30.0 Å². The highest BCUT2D eigenvalue weighted by Gasteiger charge is 2.35. The lowest BCUT2D eigenvalue weighted by molar-refractivity contribution is 0.189. The Kier molecular flexibility index (Phi) is 3.49. The summed E-state index contributed by atoms with van der Waals surface area (Å²) in [5.74, 6) is 1.70. The zero-order valence-corrected chi connectivity index (χ0v) is 9.78. The van der Waals surface area contributed by atoms with Gasteiger partial charge in [-0.3, -0.25) is 4.99 Å². The Labute approximate surface area is 92.7 Å². The molecule has 0 aromatic carbocycles. The largest absolute Gasteiger partial charge is 0.370 e. The van der Waals surface area contributed by atoms with Crippen molar-refractivity contribution in [2.75, 3.05) is 13.1 Å². The molecule has 15 heavy (non-hydrogen) atoms. The van der Waals surface area contributed by atoms with Gasteiger partial charge in [0.25, 0.3) is 0 Å². The molecule has 2 N–H and O–H groups in total. The minimum Gasteiger partial charge on any atom is -0.370 e. The Morgan fingerprint density at radius 2 is 2.13 bits per heavy atom. The van der Waals surface area contributed by atoms with Crippen LogP contribution in [0.3, 0.4) is 0 Å². The van der Waals surface area contributed by atoms with E-state index in [9.17, 15) is 0 Å². The summed E-state index contributed by atoms with van der Waals surface area (Å²) in [5.41, 5.74) is 6.07. The van der Waals surface area contributed by atoms with Crippen LogP contribution in [0.15, 0.2) is 4.99 Å². The summed E-state index contributed by atoms with van der Waals surface area (Å²) < 4.78 is 0. The lowest BCUT2D eigenvalue weighted by atomic mass is 9.92. The van der Waals surface area contributed by atoms with E-state index >= 15 is 0 Å². The third kappa shape index (κ3) is 2.27. The molecule has 0 aromatic heterocycles. The minimum atomic E-state index is 0.708. The summed E-state index contributed by atoms with van der Waals surface area (Å²) in [6.07, 6.45) is 7.90. The summed E-state index contributed by atoms with van der Waals surface area (Å²) in [6.45, 7) is 4.14. The van der Waals surface area contributed by atoms with Gasteiger partial charge in [0.1, 0.15) is 0 Å². The fraction of sp³-hybridized carbons (Fsp3) is 0.917. The minimum absolute atomic E-state index is 0.708. The third-order valence-electron chi connectivity index (χ3n) is 3.78. The first-order valence-corrected chi connectivity index (χ1v) is 6.39. The number of aliphatic imine (C=N–C) groups is 1. The van der Waals surface area contributed by atoms with Gasteiger partial charge in [-0.2, -0.15) is 0 Å². The van der Waals surface area contributed by atoms with Crippen LogP contribution in [0.2, 0.25) is 0 Å². The molecule has 0 spiro atoms. The van der Waals surface area contributed by atoms with Crippen LogP contribution >= 0.6 is 0 Å². The molecule has 2 fully saturated rings. The van der Waals surface area contributed by atoms with E-state index in [-0.39, 0.29) is 0 Å². The molecule has 0 bridgehead atoms. The van der Waals surface area contributed by atoms with Crippen LogP contribution in [0, 0.1) is 5.92 Å². The van der Waals surface area contributed by atoms with Gasteiger partial charge in [-0.25, -0.2) is 0 Å². The molecule has 2 rings (SSSR count). The highest BCUT2D eigenvalue weighted by molar-refractivity contribution is 5.78. The van der Waals surface area contributed by atoms with Crippen LogP contribution in [0.4, 0.5) is 0 Å². The maximum atomic E-state index is 6.07. The maximum Gasteiger partial charge on any atom is 0.191 e. The summed E-state index contributed by atoms with van der Waals surface area (Å²) in [6, 6.07) is 0.708. The number of hydrogen-bond acceptors (Lipinski definition) is 1. The Morgan fingerprint density at radius 1 is 1.33 bits per heavy atom. The van der Waals surface area contributed by atoms with Crippen molar-refractivity contribution in [3.05, 3.63) is 0 Å². The number of likely N-dealkylation sites (tertiary alicyclic amines) is 1. The summed E-state index contributed by atoms with van der Waals surface area (Å²) in [7, 11) is 0. The van der Waals surface area contributed by atoms with Crippen LogP contribution < -0.4 is 5.73 Å². The molecule has 86 valence electrons. The summed E-state index contributed by atoms with van der Waals surface area (Å²) in [4.78, 5) is 6.82. The monoisotopic (exact) mass is 209 g/mol. The lowest BCUT2D eigenvalue weighted by Crippen LogP contribution is -2.49. The Morgan fingerprint density at radius 3 is 2.93 bits per heavy atom. The van der Waals surface area contributed by atoms with Gasteiger partial charge in [0.05, 0.1) is 0 Å². The maximum absolute atomic E-state index is 6.07. The zero-order chi connectivity index (χ0) is 10.7. The van der Waals surface area contributed by atoms with Crippen molar-refractivity contribution in [1.29, 1.82) is 0 Å². The van der Waals surface area contributed by atoms with E-state index in [0.29, 0.717) is 6.04 Å². The molecule has 1 heterocycles. The van der Waals surface area contributed by atoms with Crippen molar-refractivity contribution in [2.24, 2.45) is 16.6 Å². The molecule has 1 saturated heterocycles. The van der Waals surface area contributed by atoms with E-state index in [1.807, 2.05) is 0 Å². The first kappa shape index (κ1) is 10.8. The molecule has 0 aromatic rings. The van der Waals surface area contributed by atoms with Crippen LogP contribution in [0.1, 0.15) is 45.4 Å². The number of piperidine rings is 1. The number of nitrogens with two attached hydrogens (primary N) is 1. The fourth-order valence-electron chi connectivity index (χ4n) is 3.06. The standard InChI is InChI=1S/C12H23N3/c1-2-8-14-12(13)15-9-4-6-10-5-3-7-11(10)15/h10-11H,2-9H2,1H3,(H2,13,14). The van der Waals surface area contributed by atoms with E-state index in [1.54, 1.807) is 0 Å². The van der Waals surface area contributed by atoms with Gasteiger partial charge < -0.3 is 10.6 Å². The summed E-state index contributed by atoms with van der Waals surface area (Å²) >= 11 is 0. The van der Waals surface area contributed by atoms with Crippen molar-refractivity contribution in [2.45, 2.75) is 51.5 Å². The second-order valence-electron chi connectivity index (χ2n) is 4.83. The number of rotatable bonds is 2. The third-order valence-corrected chi connectivity index (χ3v) is 3.78. The number of nitrogens with zero attached hydrogens (tertiary/aromatic N) is 2. The Balaban J connectivity index is 2.00. The molecule has 1 aliphatic heterocycles. The number of guanidine groups is 1. The Hall–Kier alpha value is -0.730. The molecular weight excluding hydrogens is 186 g/mol. The topological polar surface area (TPSA) is 41.6 Å². The summed E-state index contributed by atoms with van der Waals surface area (Å²) in [5, 5.41) is 0. The first-order valence-electron chi connectivity index (χ1n) is 6.39. The van der Waals surface area contributed by atoms with E-state index < -0.39 is 0 Å². The fourth-order valence-corrected chi connectivity index (χ4v) is 3.06. The Bertz CT molecular complexity index is 237. The number of fused-ring (bicyclic) bond motifs is 1. The van der Waals surface area contributed by atoms with Crippen molar-refractivity contribution in [1.82, 2.24) is 4.90 Å². The average Bonchev–Trinajstić information content (AvgIpc) is 2.73. The molecule has 2 aliphatic rings. The molecular formula is C12H23N3. The van der Waals surface area contributed by atoms with Gasteiger partial charge in [0.2, 0.25) is 0 Å². The van der Waals surface area contributed by atoms with Gasteiger partial charge in [0.15, 0.2) is 5.96 Å². The van der Waals surface area contributed by atoms with Gasteiger partial charge in [0, 0.05) is 19.1 Å². The van der Waals surface area contributed by atoms with Gasteiger partial charge in [-0.15, -0.1) is 0 Å². The second kappa shape index (κ2) is 4.86. The van der Waals surface area contributed by atoms with Crippen LogP contribution in [0.5, 0.6) is 0 Å². The smallest absolute Gasteiger partial charge is 0.191 e. The van der Waals surface area contributed by atoms with E-state index in [0.717, 1.165) is 31.4 Å². The molecule has 0 radical (unpaired) electrons. The van der Waals surface area contributed by atoms with Gasteiger partial charge in [-0.1, -0.05) is 13.3 Å². The second-order valence-corrected chi connectivity index (χ2v) is 4.83. The predicted molar refractivity (Wildman–Crippen MR) is 63.8 cm³/mol. The van der Waals surface area contributed by atoms with Gasteiger partial charge >= 0.3 is 0 Å². The molecule has 3 nitrogen and oxygen atoms in total. The molecule has 2 atom stereocenters. The lowest BCUT2D eigenvalue weighted by Gasteiger charge is -2.38. The predicted octanol–water partition coefficient (Wildman–Crippen LogP) is 1.98. The van der Waals surface area contributed by atoms with Crippen molar-refractivity contribution in [3.63, 3.8) is 0 Å². The van der Waals surface area contributed by atoms with Crippen LogP contribution in [0.25, 0.3) is 0 Å². The van der Waals surface area contributed by atoms with E-state index in [1.165, 1.54) is 32.1 Å². The molecule has 1 saturated carbocycles. The quantitative estimate of drug-likeness (QED) is 0.558. The molecule has 2 unspecified atom stereocenters. The molecule has 1 aliphatic carbocycles. The highest BCUT2D eigenvalue weighted by Crippen LogP contribution is 2.36. The first-order chi connectivity index (χ1) is 7.33. The highest BCUT2D eigenvalue weighted by atomic mass is 15.3. The SMILES string of the molecule is CCCN=C(N)N1CCCC2CCCC21. The van der Waals surface area contributed by atoms with E-state index in [4.69, 9.17) is 5.73 Å². The van der Waals surface area contributed by atoms with Crippen LogP contribution in [-0.2, 0) is 0 Å². The van der Waals surface area contributed by atoms with Crippen molar-refractivity contribution >= 4 is 5.96 Å². The van der Waals surface area contributed by atoms with Crippen molar-refractivity contribution < 1.29 is 0 Å². The van der Waals surface area contributed by atoms with Gasteiger partial charge in [-0.05, 0) is 38.0 Å².